The van der Waals surface area contributed by atoms with Gasteiger partial charge in [0.2, 0.25) is 0 Å². The summed E-state index contributed by atoms with van der Waals surface area (Å²) in [4.78, 5) is 12.2. The summed E-state index contributed by atoms with van der Waals surface area (Å²) in [6, 6.07) is 0. The number of rotatable bonds is 6. The molecule has 2 fully saturated rings. The van der Waals surface area contributed by atoms with Crippen molar-refractivity contribution in [2.75, 3.05) is 6.79 Å². The van der Waals surface area contributed by atoms with Crippen LogP contribution in [0.2, 0.25) is 0 Å². The number of hydrogen-bond acceptors (Lipinski definition) is 3. The molecule has 2 aliphatic rings. The van der Waals surface area contributed by atoms with E-state index in [1.54, 1.807) is 0 Å². The van der Waals surface area contributed by atoms with E-state index in [9.17, 15) is 4.79 Å². The molecule has 0 N–H and O–H groups in total. The van der Waals surface area contributed by atoms with Crippen LogP contribution in [0.15, 0.2) is 0 Å². The van der Waals surface area contributed by atoms with Gasteiger partial charge in [-0.15, -0.1) is 0 Å². The smallest absolute Gasteiger partial charge is 0.311 e. The highest BCUT2D eigenvalue weighted by atomic mass is 16.7. The zero-order chi connectivity index (χ0) is 14.4. The van der Waals surface area contributed by atoms with Crippen LogP contribution in [-0.4, -0.2) is 18.9 Å². The van der Waals surface area contributed by atoms with Crippen molar-refractivity contribution in [3.8, 4) is 0 Å². The van der Waals surface area contributed by atoms with Gasteiger partial charge in [-0.25, -0.2) is 0 Å². The van der Waals surface area contributed by atoms with Crippen molar-refractivity contribution in [3.63, 3.8) is 0 Å². The third-order valence-electron chi connectivity index (χ3n) is 5.25. The minimum Gasteiger partial charge on any atom is -0.438 e. The Bertz CT molecular complexity index is 297. The molecule has 0 bridgehead atoms. The molecule has 0 amide bonds. The normalized spacial score (nSPS) is 31.4. The van der Waals surface area contributed by atoms with E-state index in [1.165, 1.54) is 32.1 Å². The molecule has 2 saturated carbocycles. The summed E-state index contributed by atoms with van der Waals surface area (Å²) in [5.41, 5.74) is 0. The van der Waals surface area contributed by atoms with E-state index in [2.05, 4.69) is 13.8 Å². The van der Waals surface area contributed by atoms with Gasteiger partial charge in [0.1, 0.15) is 0 Å². The monoisotopic (exact) mass is 282 g/mol. The summed E-state index contributed by atoms with van der Waals surface area (Å²) in [5.74, 6) is 1.31. The molecule has 0 saturated heterocycles. The molecule has 3 heteroatoms. The molecule has 0 aromatic heterocycles. The van der Waals surface area contributed by atoms with Crippen molar-refractivity contribution in [2.24, 2.45) is 17.8 Å². The van der Waals surface area contributed by atoms with Gasteiger partial charge in [0.05, 0.1) is 12.0 Å². The lowest BCUT2D eigenvalue weighted by molar-refractivity contribution is -0.168. The van der Waals surface area contributed by atoms with Gasteiger partial charge in [0, 0.05) is 0 Å². The zero-order valence-corrected chi connectivity index (χ0v) is 13.1. The van der Waals surface area contributed by atoms with Gasteiger partial charge < -0.3 is 9.47 Å². The van der Waals surface area contributed by atoms with E-state index >= 15 is 0 Å². The van der Waals surface area contributed by atoms with Crippen molar-refractivity contribution in [3.05, 3.63) is 0 Å². The number of carbonyl (C=O) groups is 1. The van der Waals surface area contributed by atoms with Crippen LogP contribution in [0.4, 0.5) is 0 Å². The Morgan fingerprint density at radius 3 is 2.45 bits per heavy atom. The number of hydrogen-bond donors (Lipinski definition) is 0. The largest absolute Gasteiger partial charge is 0.438 e. The van der Waals surface area contributed by atoms with Crippen LogP contribution >= 0.6 is 0 Å². The molecule has 0 aromatic rings. The highest BCUT2D eigenvalue weighted by molar-refractivity contribution is 5.73. The fourth-order valence-corrected chi connectivity index (χ4v) is 3.84. The molecule has 3 unspecified atom stereocenters. The predicted molar refractivity (Wildman–Crippen MR) is 79.2 cm³/mol. The van der Waals surface area contributed by atoms with Gasteiger partial charge in [0.15, 0.2) is 6.79 Å². The first-order valence-electron chi connectivity index (χ1n) is 8.52. The van der Waals surface area contributed by atoms with E-state index in [-0.39, 0.29) is 18.7 Å². The highest BCUT2D eigenvalue weighted by Gasteiger charge is 2.37. The van der Waals surface area contributed by atoms with Crippen molar-refractivity contribution in [1.29, 1.82) is 0 Å². The maximum Gasteiger partial charge on any atom is 0.311 e. The molecule has 0 heterocycles. The summed E-state index contributed by atoms with van der Waals surface area (Å²) in [7, 11) is 0. The van der Waals surface area contributed by atoms with Crippen LogP contribution in [0.3, 0.4) is 0 Å². The Kier molecular flexibility index (Phi) is 6.34. The van der Waals surface area contributed by atoms with Crippen LogP contribution in [0, 0.1) is 17.8 Å². The fourth-order valence-electron chi connectivity index (χ4n) is 3.84. The third-order valence-corrected chi connectivity index (χ3v) is 5.25. The first kappa shape index (κ1) is 15.8. The standard InChI is InChI=1S/C17H30O3/c1-3-13-10-14(4-2)16(11-13)17(18)20-12-19-15-8-6-5-7-9-15/h13-16H,3-12H2,1-2H3. The summed E-state index contributed by atoms with van der Waals surface area (Å²) in [6.45, 7) is 4.56. The van der Waals surface area contributed by atoms with E-state index in [0.717, 1.165) is 25.7 Å². The lowest BCUT2D eigenvalue weighted by Crippen LogP contribution is -2.25. The molecule has 0 spiro atoms. The minimum atomic E-state index is -0.0244. The second kappa shape index (κ2) is 8.02. The minimum absolute atomic E-state index is 0.0244. The Morgan fingerprint density at radius 1 is 1.05 bits per heavy atom. The topological polar surface area (TPSA) is 35.5 Å². The lowest BCUT2D eigenvalue weighted by Gasteiger charge is -2.22. The summed E-state index contributed by atoms with van der Waals surface area (Å²) in [5, 5.41) is 0. The molecule has 3 atom stereocenters. The number of ether oxygens (including phenoxy) is 2. The predicted octanol–water partition coefficient (Wildman–Crippen LogP) is 4.30. The van der Waals surface area contributed by atoms with E-state index in [1.807, 2.05) is 0 Å². The molecule has 0 radical (unpaired) electrons. The fraction of sp³-hybridized carbons (Fsp3) is 0.941. The average molecular weight is 282 g/mol. The number of carbonyl (C=O) groups excluding carboxylic acids is 1. The van der Waals surface area contributed by atoms with Crippen molar-refractivity contribution < 1.29 is 14.3 Å². The first-order chi connectivity index (χ1) is 9.74. The number of esters is 1. The van der Waals surface area contributed by atoms with Gasteiger partial charge in [-0.2, -0.15) is 0 Å². The molecule has 2 rings (SSSR count). The summed E-state index contributed by atoms with van der Waals surface area (Å²) < 4.78 is 11.1. The maximum absolute atomic E-state index is 12.2. The second-order valence-electron chi connectivity index (χ2n) is 6.53. The van der Waals surface area contributed by atoms with Gasteiger partial charge in [-0.05, 0) is 37.5 Å². The second-order valence-corrected chi connectivity index (χ2v) is 6.53. The Hall–Kier alpha value is -0.570. The quantitative estimate of drug-likeness (QED) is 0.538. The third kappa shape index (κ3) is 4.21. The highest BCUT2D eigenvalue weighted by Crippen LogP contribution is 2.40. The van der Waals surface area contributed by atoms with Crippen molar-refractivity contribution in [1.82, 2.24) is 0 Å². The molecule has 0 aliphatic heterocycles. The van der Waals surface area contributed by atoms with Crippen molar-refractivity contribution >= 4 is 5.97 Å². The summed E-state index contributed by atoms with van der Waals surface area (Å²) in [6.07, 6.45) is 10.8. The van der Waals surface area contributed by atoms with Crippen LogP contribution in [-0.2, 0) is 14.3 Å². The Balaban J connectivity index is 1.70. The zero-order valence-electron chi connectivity index (χ0n) is 13.1. The summed E-state index contributed by atoms with van der Waals surface area (Å²) >= 11 is 0. The Labute approximate surface area is 123 Å². The Morgan fingerprint density at radius 2 is 1.80 bits per heavy atom. The van der Waals surface area contributed by atoms with Gasteiger partial charge in [-0.3, -0.25) is 4.79 Å². The van der Waals surface area contributed by atoms with Crippen molar-refractivity contribution in [2.45, 2.75) is 77.7 Å². The van der Waals surface area contributed by atoms with E-state index in [0.29, 0.717) is 17.9 Å². The van der Waals surface area contributed by atoms with Gasteiger partial charge in [-0.1, -0.05) is 46.0 Å². The van der Waals surface area contributed by atoms with Gasteiger partial charge >= 0.3 is 5.97 Å². The molecule has 116 valence electrons. The SMILES string of the molecule is CCC1CC(CC)C(C(=O)OCOC2CCCCC2)C1. The average Bonchev–Trinajstić information content (AvgIpc) is 2.91. The molecular weight excluding hydrogens is 252 g/mol. The lowest BCUT2D eigenvalue weighted by atomic mass is 9.94. The van der Waals surface area contributed by atoms with Crippen LogP contribution in [0.1, 0.15) is 71.6 Å². The van der Waals surface area contributed by atoms with Crippen LogP contribution < -0.4 is 0 Å². The molecule has 0 aromatic carbocycles. The van der Waals surface area contributed by atoms with E-state index < -0.39 is 0 Å². The van der Waals surface area contributed by atoms with E-state index in [4.69, 9.17) is 9.47 Å². The van der Waals surface area contributed by atoms with Crippen LogP contribution in [0.5, 0.6) is 0 Å². The molecule has 20 heavy (non-hydrogen) atoms. The van der Waals surface area contributed by atoms with Gasteiger partial charge in [0.25, 0.3) is 0 Å². The molecule has 2 aliphatic carbocycles. The van der Waals surface area contributed by atoms with Crippen LogP contribution in [0.25, 0.3) is 0 Å². The maximum atomic E-state index is 12.2. The first-order valence-corrected chi connectivity index (χ1v) is 8.52. The molecular formula is C17H30O3. The molecule has 3 nitrogen and oxygen atoms in total.